The number of nitrogens with one attached hydrogen (secondary N) is 1. The largest absolute Gasteiger partial charge is 0.375 e. The fourth-order valence-electron chi connectivity index (χ4n) is 2.43. The zero-order valence-corrected chi connectivity index (χ0v) is 13.0. The Hall–Kier alpha value is -1.64. The highest BCUT2D eigenvalue weighted by molar-refractivity contribution is 5.16. The molecule has 0 saturated carbocycles. The molecule has 0 fully saturated rings. The lowest BCUT2D eigenvalue weighted by Gasteiger charge is -2.21. The summed E-state index contributed by atoms with van der Waals surface area (Å²) in [6.07, 6.45) is 0.994. The molecule has 2 nitrogen and oxygen atoms in total. The first-order chi connectivity index (χ1) is 10.2. The molecule has 0 saturated heterocycles. The van der Waals surface area contributed by atoms with Gasteiger partial charge in [-0.05, 0) is 17.5 Å². The SMILES string of the molecule is CC(C)N[C@H](COCc1ccccc1)Cc1ccccc1. The van der Waals surface area contributed by atoms with E-state index < -0.39 is 0 Å². The summed E-state index contributed by atoms with van der Waals surface area (Å²) in [5.41, 5.74) is 2.57. The van der Waals surface area contributed by atoms with Gasteiger partial charge in [0.25, 0.3) is 0 Å². The van der Waals surface area contributed by atoms with Gasteiger partial charge in [0.2, 0.25) is 0 Å². The van der Waals surface area contributed by atoms with Gasteiger partial charge >= 0.3 is 0 Å². The molecular formula is C19H25NO. The molecule has 0 aliphatic heterocycles. The van der Waals surface area contributed by atoms with Crippen molar-refractivity contribution < 1.29 is 4.74 Å². The molecule has 2 rings (SSSR count). The number of hydrogen-bond acceptors (Lipinski definition) is 2. The number of ether oxygens (including phenoxy) is 1. The zero-order chi connectivity index (χ0) is 14.9. The molecule has 0 aliphatic rings. The van der Waals surface area contributed by atoms with E-state index in [2.05, 4.69) is 61.6 Å². The third kappa shape index (κ3) is 6.11. The normalized spacial score (nSPS) is 12.5. The summed E-state index contributed by atoms with van der Waals surface area (Å²) in [6.45, 7) is 5.75. The zero-order valence-electron chi connectivity index (χ0n) is 13.0. The summed E-state index contributed by atoms with van der Waals surface area (Å²) in [4.78, 5) is 0. The molecule has 1 atom stereocenters. The van der Waals surface area contributed by atoms with Crippen LogP contribution in [0.25, 0.3) is 0 Å². The van der Waals surface area contributed by atoms with Crippen LogP contribution in [-0.2, 0) is 17.8 Å². The van der Waals surface area contributed by atoms with E-state index in [1.165, 1.54) is 11.1 Å². The van der Waals surface area contributed by atoms with Crippen LogP contribution in [0, 0.1) is 0 Å². The van der Waals surface area contributed by atoms with Gasteiger partial charge in [-0.2, -0.15) is 0 Å². The van der Waals surface area contributed by atoms with E-state index in [0.29, 0.717) is 18.7 Å². The van der Waals surface area contributed by atoms with Gasteiger partial charge in [-0.3, -0.25) is 0 Å². The van der Waals surface area contributed by atoms with E-state index in [1.54, 1.807) is 0 Å². The van der Waals surface area contributed by atoms with Crippen molar-refractivity contribution in [2.24, 2.45) is 0 Å². The Morgan fingerprint density at radius 3 is 2.00 bits per heavy atom. The molecule has 2 aromatic rings. The molecule has 1 N–H and O–H groups in total. The van der Waals surface area contributed by atoms with Crippen LogP contribution in [-0.4, -0.2) is 18.7 Å². The van der Waals surface area contributed by atoms with Crippen molar-refractivity contribution in [2.45, 2.75) is 39.0 Å². The fourth-order valence-corrected chi connectivity index (χ4v) is 2.43. The summed E-state index contributed by atoms with van der Waals surface area (Å²) in [5, 5.41) is 3.59. The lowest BCUT2D eigenvalue weighted by atomic mass is 10.1. The monoisotopic (exact) mass is 283 g/mol. The lowest BCUT2D eigenvalue weighted by molar-refractivity contribution is 0.0962. The fraction of sp³-hybridized carbons (Fsp3) is 0.368. The Balaban J connectivity index is 1.84. The Morgan fingerprint density at radius 2 is 1.43 bits per heavy atom. The second kappa shape index (κ2) is 8.60. The van der Waals surface area contributed by atoms with Crippen LogP contribution < -0.4 is 5.32 Å². The van der Waals surface area contributed by atoms with Crippen LogP contribution in [0.15, 0.2) is 60.7 Å². The molecular weight excluding hydrogens is 258 g/mol. The van der Waals surface area contributed by atoms with E-state index in [1.807, 2.05) is 18.2 Å². The minimum Gasteiger partial charge on any atom is -0.375 e. The third-order valence-corrected chi connectivity index (χ3v) is 3.32. The second-order valence-corrected chi connectivity index (χ2v) is 5.71. The molecule has 0 amide bonds. The van der Waals surface area contributed by atoms with Gasteiger partial charge in [-0.1, -0.05) is 74.5 Å². The Morgan fingerprint density at radius 1 is 0.857 bits per heavy atom. The molecule has 0 aliphatic carbocycles. The second-order valence-electron chi connectivity index (χ2n) is 5.71. The highest BCUT2D eigenvalue weighted by Crippen LogP contribution is 2.06. The van der Waals surface area contributed by atoms with Crippen molar-refractivity contribution in [1.82, 2.24) is 5.32 Å². The molecule has 112 valence electrons. The summed E-state index contributed by atoms with van der Waals surface area (Å²) in [5.74, 6) is 0. The van der Waals surface area contributed by atoms with Gasteiger partial charge in [-0.15, -0.1) is 0 Å². The molecule has 0 radical (unpaired) electrons. The standard InChI is InChI=1S/C19H25NO/c1-16(2)20-19(13-17-9-5-3-6-10-17)15-21-14-18-11-7-4-8-12-18/h3-12,16,19-20H,13-15H2,1-2H3/t19-/m0/s1. The first kappa shape index (κ1) is 15.7. The third-order valence-electron chi connectivity index (χ3n) is 3.32. The molecule has 21 heavy (non-hydrogen) atoms. The lowest BCUT2D eigenvalue weighted by Crippen LogP contribution is -2.39. The maximum Gasteiger partial charge on any atom is 0.0717 e. The van der Waals surface area contributed by atoms with Gasteiger partial charge < -0.3 is 10.1 Å². The molecule has 0 bridgehead atoms. The van der Waals surface area contributed by atoms with Crippen molar-refractivity contribution in [1.29, 1.82) is 0 Å². The van der Waals surface area contributed by atoms with Gasteiger partial charge in [0.1, 0.15) is 0 Å². The van der Waals surface area contributed by atoms with E-state index >= 15 is 0 Å². The summed E-state index contributed by atoms with van der Waals surface area (Å²) in [6, 6.07) is 21.7. The first-order valence-corrected chi connectivity index (χ1v) is 7.65. The van der Waals surface area contributed by atoms with Crippen molar-refractivity contribution in [3.05, 3.63) is 71.8 Å². The predicted molar refractivity (Wildman–Crippen MR) is 88.3 cm³/mol. The van der Waals surface area contributed by atoms with Crippen molar-refractivity contribution in [3.63, 3.8) is 0 Å². The maximum absolute atomic E-state index is 5.89. The van der Waals surface area contributed by atoms with Gasteiger partial charge in [0.05, 0.1) is 13.2 Å². The van der Waals surface area contributed by atoms with Crippen molar-refractivity contribution >= 4 is 0 Å². The molecule has 2 aromatic carbocycles. The maximum atomic E-state index is 5.89. The van der Waals surface area contributed by atoms with Crippen LogP contribution in [0.1, 0.15) is 25.0 Å². The molecule has 0 heterocycles. The average molecular weight is 283 g/mol. The minimum atomic E-state index is 0.344. The van der Waals surface area contributed by atoms with E-state index in [4.69, 9.17) is 4.74 Å². The molecule has 0 aromatic heterocycles. The highest BCUT2D eigenvalue weighted by Gasteiger charge is 2.11. The first-order valence-electron chi connectivity index (χ1n) is 7.65. The smallest absolute Gasteiger partial charge is 0.0717 e. The highest BCUT2D eigenvalue weighted by atomic mass is 16.5. The van der Waals surface area contributed by atoms with Crippen LogP contribution in [0.2, 0.25) is 0 Å². The van der Waals surface area contributed by atoms with Crippen molar-refractivity contribution in [2.75, 3.05) is 6.61 Å². The summed E-state index contributed by atoms with van der Waals surface area (Å²) >= 11 is 0. The number of hydrogen-bond donors (Lipinski definition) is 1. The van der Waals surface area contributed by atoms with Crippen LogP contribution in [0.3, 0.4) is 0 Å². The van der Waals surface area contributed by atoms with Gasteiger partial charge in [0.15, 0.2) is 0 Å². The molecule has 0 unspecified atom stereocenters. The van der Waals surface area contributed by atoms with E-state index in [0.717, 1.165) is 13.0 Å². The van der Waals surface area contributed by atoms with Crippen molar-refractivity contribution in [3.8, 4) is 0 Å². The minimum absolute atomic E-state index is 0.344. The predicted octanol–water partition coefficient (Wildman–Crippen LogP) is 3.81. The number of rotatable bonds is 8. The quantitative estimate of drug-likeness (QED) is 0.795. The number of benzene rings is 2. The Labute approximate surface area is 128 Å². The van der Waals surface area contributed by atoms with Crippen LogP contribution >= 0.6 is 0 Å². The van der Waals surface area contributed by atoms with Crippen LogP contribution in [0.5, 0.6) is 0 Å². The Kier molecular flexibility index (Phi) is 6.45. The Bertz CT molecular complexity index is 495. The van der Waals surface area contributed by atoms with Gasteiger partial charge in [0, 0.05) is 12.1 Å². The van der Waals surface area contributed by atoms with Gasteiger partial charge in [-0.25, -0.2) is 0 Å². The van der Waals surface area contributed by atoms with E-state index in [-0.39, 0.29) is 0 Å². The van der Waals surface area contributed by atoms with Crippen LogP contribution in [0.4, 0.5) is 0 Å². The average Bonchev–Trinajstić information content (AvgIpc) is 2.49. The molecule has 2 heteroatoms. The summed E-state index contributed by atoms with van der Waals surface area (Å²) < 4.78 is 5.89. The topological polar surface area (TPSA) is 21.3 Å². The molecule has 0 spiro atoms. The van der Waals surface area contributed by atoms with E-state index in [9.17, 15) is 0 Å². The summed E-state index contributed by atoms with van der Waals surface area (Å²) in [7, 11) is 0.